The average molecular weight is 425 g/mol. The Morgan fingerprint density at radius 3 is 2.52 bits per heavy atom. The minimum absolute atomic E-state index is 0.0160. The van der Waals surface area contributed by atoms with Crippen molar-refractivity contribution in [3.8, 4) is 5.88 Å². The normalized spacial score (nSPS) is 12.1. The first-order valence-corrected chi connectivity index (χ1v) is 11.2. The second-order valence-corrected chi connectivity index (χ2v) is 11.0. The number of nitrogens with zero attached hydrogens (tertiary/aromatic N) is 3. The Labute approximate surface area is 178 Å². The molecule has 0 amide bonds. The van der Waals surface area contributed by atoms with Gasteiger partial charge in [-0.2, -0.15) is 4.98 Å². The number of ether oxygens (including phenoxy) is 1. The summed E-state index contributed by atoms with van der Waals surface area (Å²) in [6, 6.07) is 14.3. The summed E-state index contributed by atoms with van der Waals surface area (Å²) < 4.78 is 7.28. The van der Waals surface area contributed by atoms with Gasteiger partial charge < -0.3 is 4.74 Å². The molecule has 0 aliphatic heterocycles. The van der Waals surface area contributed by atoms with Crippen LogP contribution in [-0.4, -0.2) is 25.8 Å². The van der Waals surface area contributed by atoms with Crippen LogP contribution < -0.4 is 10.1 Å². The fourth-order valence-electron chi connectivity index (χ4n) is 2.89. The fourth-order valence-corrected chi connectivity index (χ4v) is 4.77. The van der Waals surface area contributed by atoms with Crippen LogP contribution in [0.4, 0.5) is 11.1 Å². The van der Waals surface area contributed by atoms with Crippen LogP contribution in [-0.2, 0) is 0 Å². The molecule has 0 radical (unpaired) electrons. The molecule has 0 aliphatic rings. The Balaban J connectivity index is 1.73. The number of hydrogen-bond acceptors (Lipinski definition) is 7. The summed E-state index contributed by atoms with van der Waals surface area (Å²) in [5.41, 5.74) is 1.81. The van der Waals surface area contributed by atoms with E-state index in [9.17, 15) is 0 Å². The zero-order chi connectivity index (χ0) is 20.6. The third-order valence-electron chi connectivity index (χ3n) is 3.92. The molecule has 0 unspecified atom stereocenters. The molecular weight excluding hydrogens is 400 g/mol. The second-order valence-electron chi connectivity index (χ2n) is 8.02. The number of thiazole rings is 1. The van der Waals surface area contributed by atoms with Crippen molar-refractivity contribution in [3.63, 3.8) is 0 Å². The number of rotatable bonds is 5. The van der Waals surface area contributed by atoms with E-state index in [1.54, 1.807) is 11.3 Å². The van der Waals surface area contributed by atoms with Crippen molar-refractivity contribution in [3.05, 3.63) is 42.5 Å². The maximum atomic E-state index is 6.03. The van der Waals surface area contributed by atoms with Gasteiger partial charge in [-0.1, -0.05) is 44.2 Å². The third-order valence-corrected chi connectivity index (χ3v) is 5.97. The van der Waals surface area contributed by atoms with Gasteiger partial charge in [0.15, 0.2) is 5.13 Å². The lowest BCUT2D eigenvalue weighted by Gasteiger charge is -2.18. The molecule has 5 nitrogen and oxygen atoms in total. The number of thioether (sulfide) groups is 1. The Morgan fingerprint density at radius 1 is 1.00 bits per heavy atom. The van der Waals surface area contributed by atoms with Gasteiger partial charge in [0.1, 0.15) is 0 Å². The number of hydrogen-bond donors (Lipinski definition) is 1. The van der Waals surface area contributed by atoms with E-state index < -0.39 is 0 Å². The van der Waals surface area contributed by atoms with Crippen LogP contribution in [0.25, 0.3) is 21.1 Å². The lowest BCUT2D eigenvalue weighted by molar-refractivity contribution is 0.236. The lowest BCUT2D eigenvalue weighted by Crippen LogP contribution is -2.09. The molecule has 150 valence electrons. The van der Waals surface area contributed by atoms with Crippen molar-refractivity contribution in [1.82, 2.24) is 15.0 Å². The largest absolute Gasteiger partial charge is 0.474 e. The van der Waals surface area contributed by atoms with Crippen molar-refractivity contribution < 1.29 is 4.74 Å². The van der Waals surface area contributed by atoms with Gasteiger partial charge in [-0.15, -0.1) is 11.8 Å². The first kappa shape index (κ1) is 19.9. The van der Waals surface area contributed by atoms with Crippen LogP contribution in [0.1, 0.15) is 34.6 Å². The summed E-state index contributed by atoms with van der Waals surface area (Å²) in [5, 5.41) is 4.94. The molecule has 0 aliphatic carbocycles. The van der Waals surface area contributed by atoms with E-state index in [1.165, 1.54) is 4.90 Å². The van der Waals surface area contributed by atoms with Gasteiger partial charge in [-0.25, -0.2) is 9.97 Å². The highest BCUT2D eigenvalue weighted by Gasteiger charge is 2.16. The predicted octanol–water partition coefficient (Wildman–Crippen LogP) is 6.66. The minimum Gasteiger partial charge on any atom is -0.474 e. The van der Waals surface area contributed by atoms with Crippen LogP contribution in [0.5, 0.6) is 5.88 Å². The van der Waals surface area contributed by atoms with Crippen LogP contribution in [0.2, 0.25) is 0 Å². The lowest BCUT2D eigenvalue weighted by atomic mass is 10.2. The van der Waals surface area contributed by atoms with Crippen LogP contribution >= 0.6 is 23.1 Å². The van der Waals surface area contributed by atoms with E-state index in [-0.39, 0.29) is 10.9 Å². The highest BCUT2D eigenvalue weighted by Crippen LogP contribution is 2.36. The van der Waals surface area contributed by atoms with Crippen molar-refractivity contribution in [1.29, 1.82) is 0 Å². The first-order valence-electron chi connectivity index (χ1n) is 9.57. The van der Waals surface area contributed by atoms with Crippen molar-refractivity contribution >= 4 is 55.3 Å². The summed E-state index contributed by atoms with van der Waals surface area (Å²) in [7, 11) is 0. The van der Waals surface area contributed by atoms with Gasteiger partial charge in [-0.05, 0) is 44.2 Å². The van der Waals surface area contributed by atoms with Crippen LogP contribution in [0, 0.1) is 0 Å². The number of aromatic nitrogens is 3. The Hall–Kier alpha value is -2.38. The third kappa shape index (κ3) is 4.79. The summed E-state index contributed by atoms with van der Waals surface area (Å²) in [6.07, 6.45) is 0.0160. The number of anilines is 2. The monoisotopic (exact) mass is 424 g/mol. The topological polar surface area (TPSA) is 59.9 Å². The SMILES string of the molecule is CC(C)Oc1nc(Nc2nc3ccccc3s2)nc2ccc(SC(C)(C)C)cc12. The predicted molar refractivity (Wildman–Crippen MR) is 124 cm³/mol. The maximum absolute atomic E-state index is 6.03. The van der Waals surface area contributed by atoms with Crippen molar-refractivity contribution in [2.45, 2.75) is 50.4 Å². The molecule has 0 atom stereocenters. The van der Waals surface area contributed by atoms with Gasteiger partial charge >= 0.3 is 0 Å². The van der Waals surface area contributed by atoms with Gasteiger partial charge in [0, 0.05) is 9.64 Å². The smallest absolute Gasteiger partial charge is 0.232 e. The molecule has 2 aromatic heterocycles. The molecular formula is C22H24N4OS2. The van der Waals surface area contributed by atoms with Crippen molar-refractivity contribution in [2.75, 3.05) is 5.32 Å². The van der Waals surface area contributed by atoms with Gasteiger partial charge in [0.25, 0.3) is 0 Å². The zero-order valence-corrected chi connectivity index (χ0v) is 18.8. The summed E-state index contributed by atoms with van der Waals surface area (Å²) >= 11 is 3.40. The number of fused-ring (bicyclic) bond motifs is 2. The number of nitrogens with one attached hydrogen (secondary N) is 1. The molecule has 2 aromatic carbocycles. The number of benzene rings is 2. The molecule has 0 saturated heterocycles. The van der Waals surface area contributed by atoms with Gasteiger partial charge in [0.2, 0.25) is 11.8 Å². The highest BCUT2D eigenvalue weighted by atomic mass is 32.2. The molecule has 0 bridgehead atoms. The Morgan fingerprint density at radius 2 is 1.79 bits per heavy atom. The summed E-state index contributed by atoms with van der Waals surface area (Å²) in [4.78, 5) is 15.1. The zero-order valence-electron chi connectivity index (χ0n) is 17.2. The molecule has 29 heavy (non-hydrogen) atoms. The molecule has 0 fully saturated rings. The standard InChI is InChI=1S/C22H24N4OS2/c1-13(2)27-19-15-12-14(29-22(3,4)5)10-11-16(15)23-20(25-19)26-21-24-17-8-6-7-9-18(17)28-21/h6-13H,1-5H3,(H,23,24,25,26). The highest BCUT2D eigenvalue weighted by molar-refractivity contribution is 8.00. The van der Waals surface area contributed by atoms with Gasteiger partial charge in [-0.3, -0.25) is 5.32 Å². The van der Waals surface area contributed by atoms with E-state index in [4.69, 9.17) is 9.72 Å². The van der Waals surface area contributed by atoms with E-state index >= 15 is 0 Å². The maximum Gasteiger partial charge on any atom is 0.232 e. The molecule has 7 heteroatoms. The van der Waals surface area contributed by atoms with E-state index in [2.05, 4.69) is 54.3 Å². The molecule has 1 N–H and O–H groups in total. The molecule has 4 rings (SSSR count). The number of para-hydroxylation sites is 1. The average Bonchev–Trinajstić information content (AvgIpc) is 3.02. The van der Waals surface area contributed by atoms with Crippen LogP contribution in [0.3, 0.4) is 0 Å². The fraction of sp³-hybridized carbons (Fsp3) is 0.318. The van der Waals surface area contributed by atoms with E-state index in [0.717, 1.165) is 26.3 Å². The Bertz CT molecular complexity index is 1130. The quantitative estimate of drug-likeness (QED) is 0.361. The molecule has 2 heterocycles. The van der Waals surface area contributed by atoms with Crippen molar-refractivity contribution in [2.24, 2.45) is 0 Å². The first-order chi connectivity index (χ1) is 13.8. The van der Waals surface area contributed by atoms with Crippen LogP contribution in [0.15, 0.2) is 47.4 Å². The Kier molecular flexibility index (Phi) is 5.36. The summed E-state index contributed by atoms with van der Waals surface area (Å²) in [5.74, 6) is 1.08. The molecule has 0 spiro atoms. The van der Waals surface area contributed by atoms with E-state index in [1.807, 2.05) is 49.9 Å². The molecule has 0 saturated carbocycles. The second kappa shape index (κ2) is 7.80. The van der Waals surface area contributed by atoms with E-state index in [0.29, 0.717) is 11.8 Å². The minimum atomic E-state index is 0.0160. The van der Waals surface area contributed by atoms with Gasteiger partial charge in [0.05, 0.1) is 27.2 Å². The summed E-state index contributed by atoms with van der Waals surface area (Å²) in [6.45, 7) is 10.6. The molecule has 4 aromatic rings.